The van der Waals surface area contributed by atoms with Crippen LogP contribution in [0.3, 0.4) is 0 Å². The first kappa shape index (κ1) is 21.9. The van der Waals surface area contributed by atoms with E-state index in [0.717, 1.165) is 29.5 Å². The van der Waals surface area contributed by atoms with Gasteiger partial charge >= 0.3 is 0 Å². The summed E-state index contributed by atoms with van der Waals surface area (Å²) in [5.41, 5.74) is 4.59. The summed E-state index contributed by atoms with van der Waals surface area (Å²) in [4.78, 5) is 0. The van der Waals surface area contributed by atoms with E-state index in [1.807, 2.05) is 0 Å². The maximum atomic E-state index is 3.30. The molecular formula is C28H34. The van der Waals surface area contributed by atoms with E-state index in [-0.39, 0.29) is 0 Å². The second-order valence-corrected chi connectivity index (χ2v) is 7.45. The molecule has 0 aromatic heterocycles. The average molecular weight is 371 g/mol. The number of aryl methyl sites for hydroxylation is 1. The Bertz CT molecular complexity index is 786. The molecule has 0 amide bonds. The molecule has 28 heavy (non-hydrogen) atoms. The van der Waals surface area contributed by atoms with Gasteiger partial charge in [-0.05, 0) is 61.2 Å². The molecule has 0 atom stereocenters. The van der Waals surface area contributed by atoms with Crippen molar-refractivity contribution in [3.63, 3.8) is 0 Å². The van der Waals surface area contributed by atoms with Crippen LogP contribution in [0.25, 0.3) is 0 Å². The fourth-order valence-electron chi connectivity index (χ4n) is 3.08. The van der Waals surface area contributed by atoms with Crippen molar-refractivity contribution in [3.05, 3.63) is 70.8 Å². The van der Waals surface area contributed by atoms with Gasteiger partial charge in [0.15, 0.2) is 0 Å². The van der Waals surface area contributed by atoms with Gasteiger partial charge in [-0.1, -0.05) is 88.2 Å². The molecule has 0 bridgehead atoms. The van der Waals surface area contributed by atoms with Crippen LogP contribution in [-0.4, -0.2) is 0 Å². The predicted octanol–water partition coefficient (Wildman–Crippen LogP) is 7.53. The van der Waals surface area contributed by atoms with E-state index < -0.39 is 0 Å². The van der Waals surface area contributed by atoms with Gasteiger partial charge < -0.3 is 0 Å². The fourth-order valence-corrected chi connectivity index (χ4v) is 3.08. The van der Waals surface area contributed by atoms with Gasteiger partial charge in [0, 0.05) is 23.1 Å². The highest BCUT2D eigenvalue weighted by Gasteiger charge is 1.93. The molecule has 0 spiro atoms. The second-order valence-electron chi connectivity index (χ2n) is 7.45. The molecule has 0 saturated carbocycles. The minimum Gasteiger partial charge on any atom is -0.0979 e. The first-order chi connectivity index (χ1) is 13.8. The van der Waals surface area contributed by atoms with E-state index in [9.17, 15) is 0 Å². The van der Waals surface area contributed by atoms with E-state index in [1.165, 1.54) is 56.9 Å². The normalized spacial score (nSPS) is 9.93. The van der Waals surface area contributed by atoms with Crippen LogP contribution in [0, 0.1) is 23.7 Å². The minimum absolute atomic E-state index is 1.00. The van der Waals surface area contributed by atoms with Crippen LogP contribution in [0.15, 0.2) is 48.5 Å². The zero-order chi connectivity index (χ0) is 19.9. The molecule has 0 nitrogen and oxygen atoms in total. The van der Waals surface area contributed by atoms with Gasteiger partial charge in [-0.15, -0.1) is 0 Å². The lowest BCUT2D eigenvalue weighted by atomic mass is 10.1. The van der Waals surface area contributed by atoms with Gasteiger partial charge in [-0.25, -0.2) is 0 Å². The monoisotopic (exact) mass is 370 g/mol. The Labute approximate surface area is 172 Å². The molecule has 146 valence electrons. The van der Waals surface area contributed by atoms with Crippen LogP contribution in [0.4, 0.5) is 0 Å². The van der Waals surface area contributed by atoms with Crippen molar-refractivity contribution in [1.82, 2.24) is 0 Å². The van der Waals surface area contributed by atoms with Gasteiger partial charge in [0.05, 0.1) is 0 Å². The van der Waals surface area contributed by atoms with Gasteiger partial charge in [0.25, 0.3) is 0 Å². The molecule has 2 aromatic carbocycles. The Kier molecular flexibility index (Phi) is 10.7. The Balaban J connectivity index is 1.79. The Morgan fingerprint density at radius 1 is 0.536 bits per heavy atom. The maximum Gasteiger partial charge on any atom is 0.0249 e. The summed E-state index contributed by atoms with van der Waals surface area (Å²) < 4.78 is 0. The van der Waals surface area contributed by atoms with E-state index in [1.54, 1.807) is 0 Å². The molecule has 0 heteroatoms. The van der Waals surface area contributed by atoms with Crippen molar-refractivity contribution in [1.29, 1.82) is 0 Å². The van der Waals surface area contributed by atoms with Crippen LogP contribution in [0.5, 0.6) is 0 Å². The summed E-state index contributed by atoms with van der Waals surface area (Å²) in [6.45, 7) is 4.49. The van der Waals surface area contributed by atoms with E-state index in [4.69, 9.17) is 0 Å². The van der Waals surface area contributed by atoms with Crippen molar-refractivity contribution in [3.8, 4) is 23.7 Å². The quantitative estimate of drug-likeness (QED) is 0.316. The van der Waals surface area contributed by atoms with Crippen molar-refractivity contribution in [2.24, 2.45) is 0 Å². The Hall–Kier alpha value is -2.44. The van der Waals surface area contributed by atoms with Crippen molar-refractivity contribution >= 4 is 0 Å². The summed E-state index contributed by atoms with van der Waals surface area (Å²) in [7, 11) is 0. The highest BCUT2D eigenvalue weighted by Crippen LogP contribution is 2.09. The standard InChI is InChI=1S/C28H34/c1-3-5-7-8-9-10-11-12-14-26-17-21-28(22-18-26)24-23-27-19-15-25(16-20-27)13-6-4-2/h15-22H,3-11,13H2,1-2H3. The van der Waals surface area contributed by atoms with Crippen LogP contribution in [0.2, 0.25) is 0 Å². The average Bonchev–Trinajstić information content (AvgIpc) is 2.74. The van der Waals surface area contributed by atoms with Crippen LogP contribution in [0.1, 0.15) is 93.9 Å². The molecule has 0 heterocycles. The highest BCUT2D eigenvalue weighted by atomic mass is 14.0. The lowest BCUT2D eigenvalue weighted by molar-refractivity contribution is 0.614. The fraction of sp³-hybridized carbons (Fsp3) is 0.429. The SMILES string of the molecule is CCCCCCCCC#Cc1ccc(C#Cc2ccc(CCCC)cc2)cc1. The van der Waals surface area contributed by atoms with Gasteiger partial charge in [0.1, 0.15) is 0 Å². The van der Waals surface area contributed by atoms with Crippen LogP contribution in [-0.2, 0) is 6.42 Å². The zero-order valence-corrected chi connectivity index (χ0v) is 17.7. The predicted molar refractivity (Wildman–Crippen MR) is 122 cm³/mol. The first-order valence-electron chi connectivity index (χ1n) is 11.0. The molecule has 0 fully saturated rings. The topological polar surface area (TPSA) is 0 Å². The third kappa shape index (κ3) is 8.97. The van der Waals surface area contributed by atoms with Crippen LogP contribution >= 0.6 is 0 Å². The summed E-state index contributed by atoms with van der Waals surface area (Å²) in [5.74, 6) is 13.1. The summed E-state index contributed by atoms with van der Waals surface area (Å²) in [5, 5.41) is 0. The third-order valence-electron chi connectivity index (χ3n) is 4.90. The highest BCUT2D eigenvalue weighted by molar-refractivity contribution is 5.46. The lowest BCUT2D eigenvalue weighted by Crippen LogP contribution is -1.84. The largest absolute Gasteiger partial charge is 0.0979 e. The Morgan fingerprint density at radius 2 is 1.04 bits per heavy atom. The summed E-state index contributed by atoms with van der Waals surface area (Å²) in [6, 6.07) is 16.9. The molecule has 0 radical (unpaired) electrons. The molecule has 2 rings (SSSR count). The maximum absolute atomic E-state index is 3.30. The molecule has 0 unspecified atom stereocenters. The second kappa shape index (κ2) is 13.7. The lowest BCUT2D eigenvalue weighted by Gasteiger charge is -1.99. The summed E-state index contributed by atoms with van der Waals surface area (Å²) in [6.07, 6.45) is 12.6. The first-order valence-corrected chi connectivity index (χ1v) is 11.0. The number of unbranched alkanes of at least 4 members (excludes halogenated alkanes) is 7. The van der Waals surface area contributed by atoms with E-state index in [0.29, 0.717) is 0 Å². The molecule has 0 saturated heterocycles. The molecule has 0 aliphatic heterocycles. The third-order valence-corrected chi connectivity index (χ3v) is 4.90. The summed E-state index contributed by atoms with van der Waals surface area (Å²) >= 11 is 0. The van der Waals surface area contributed by atoms with Crippen molar-refractivity contribution in [2.45, 2.75) is 78.1 Å². The smallest absolute Gasteiger partial charge is 0.0249 e. The molecule has 0 N–H and O–H groups in total. The minimum atomic E-state index is 1.00. The van der Waals surface area contributed by atoms with Gasteiger partial charge in [-0.3, -0.25) is 0 Å². The number of rotatable bonds is 9. The molecular weight excluding hydrogens is 336 g/mol. The van der Waals surface area contributed by atoms with E-state index in [2.05, 4.69) is 86.1 Å². The van der Waals surface area contributed by atoms with Gasteiger partial charge in [-0.2, -0.15) is 0 Å². The van der Waals surface area contributed by atoms with E-state index >= 15 is 0 Å². The van der Waals surface area contributed by atoms with Crippen molar-refractivity contribution < 1.29 is 0 Å². The van der Waals surface area contributed by atoms with Gasteiger partial charge in [0.2, 0.25) is 0 Å². The molecule has 0 aliphatic rings. The number of benzene rings is 2. The number of hydrogen-bond acceptors (Lipinski definition) is 0. The van der Waals surface area contributed by atoms with Crippen molar-refractivity contribution in [2.75, 3.05) is 0 Å². The van der Waals surface area contributed by atoms with Crippen LogP contribution < -0.4 is 0 Å². The zero-order valence-electron chi connectivity index (χ0n) is 17.7. The Morgan fingerprint density at radius 3 is 1.64 bits per heavy atom. The molecule has 0 aliphatic carbocycles. The molecule has 2 aromatic rings. The number of hydrogen-bond donors (Lipinski definition) is 0.